The predicted octanol–water partition coefficient (Wildman–Crippen LogP) is 3.62. The Balaban J connectivity index is 1.58. The van der Waals surface area contributed by atoms with Gasteiger partial charge in [0.05, 0.1) is 11.9 Å². The van der Waals surface area contributed by atoms with Gasteiger partial charge in [-0.15, -0.1) is 11.8 Å². The molecular weight excluding hydrogens is 290 g/mol. The average Bonchev–Trinajstić information content (AvgIpc) is 3.24. The maximum Gasteiger partial charge on any atom is 0.128 e. The number of halogens is 1. The fourth-order valence-corrected chi connectivity index (χ4v) is 3.12. The molecule has 1 aliphatic carbocycles. The Kier molecular flexibility index (Phi) is 4.34. The largest absolute Gasteiger partial charge is 0.322 e. The zero-order chi connectivity index (χ0) is 13.9. The first kappa shape index (κ1) is 14.0. The van der Waals surface area contributed by atoms with Gasteiger partial charge in [0.2, 0.25) is 0 Å². The number of aromatic nitrogens is 2. The molecule has 2 aromatic rings. The Morgan fingerprint density at radius 1 is 1.45 bits per heavy atom. The number of imidazole rings is 1. The first-order valence-electron chi connectivity index (χ1n) is 6.83. The van der Waals surface area contributed by atoms with Gasteiger partial charge in [0, 0.05) is 24.5 Å². The highest BCUT2D eigenvalue weighted by Crippen LogP contribution is 2.25. The second-order valence-electron chi connectivity index (χ2n) is 5.15. The summed E-state index contributed by atoms with van der Waals surface area (Å²) < 4.78 is 1.92. The van der Waals surface area contributed by atoms with Crippen molar-refractivity contribution in [3.63, 3.8) is 0 Å². The maximum absolute atomic E-state index is 6.00. The molecule has 0 amide bonds. The summed E-state index contributed by atoms with van der Waals surface area (Å²) in [6.07, 6.45) is 4.36. The third-order valence-corrected chi connectivity index (χ3v) is 4.81. The highest BCUT2D eigenvalue weighted by Gasteiger charge is 2.19. The molecule has 1 aromatic heterocycles. The molecule has 1 fully saturated rings. The Bertz CT molecular complexity index is 593. The van der Waals surface area contributed by atoms with E-state index in [0.717, 1.165) is 24.2 Å². The zero-order valence-corrected chi connectivity index (χ0v) is 13.0. The lowest BCUT2D eigenvalue weighted by Gasteiger charge is -2.06. The van der Waals surface area contributed by atoms with Crippen LogP contribution in [0.2, 0.25) is 5.15 Å². The van der Waals surface area contributed by atoms with E-state index in [2.05, 4.69) is 34.6 Å². The second kappa shape index (κ2) is 6.20. The van der Waals surface area contributed by atoms with Crippen molar-refractivity contribution >= 4 is 23.4 Å². The number of thioether (sulfide) groups is 1. The monoisotopic (exact) mass is 307 g/mol. The van der Waals surface area contributed by atoms with E-state index in [0.29, 0.717) is 5.15 Å². The molecule has 1 saturated carbocycles. The second-order valence-corrected chi connectivity index (χ2v) is 6.58. The fourth-order valence-electron chi connectivity index (χ4n) is 2.00. The van der Waals surface area contributed by atoms with Crippen molar-refractivity contribution in [3.8, 4) is 0 Å². The van der Waals surface area contributed by atoms with Crippen LogP contribution in [-0.4, -0.2) is 15.6 Å². The average molecular weight is 308 g/mol. The van der Waals surface area contributed by atoms with Gasteiger partial charge in [-0.05, 0) is 30.5 Å². The smallest absolute Gasteiger partial charge is 0.128 e. The third-order valence-electron chi connectivity index (χ3n) is 3.47. The predicted molar refractivity (Wildman–Crippen MR) is 84.1 cm³/mol. The Hall–Kier alpha value is -0.970. The molecule has 0 atom stereocenters. The van der Waals surface area contributed by atoms with Crippen LogP contribution >= 0.6 is 23.4 Å². The standard InChI is InChI=1S/C15H18ClN3S/c1-19-14(16)9-18-15(19)10-20-13-4-2-3-11(7-13)8-17-12-5-6-12/h2-4,7,9,12,17H,5-6,8,10H2,1H3. The summed E-state index contributed by atoms with van der Waals surface area (Å²) in [5.74, 6) is 1.84. The first-order valence-corrected chi connectivity index (χ1v) is 8.20. The molecule has 3 nitrogen and oxygen atoms in total. The molecule has 106 valence electrons. The van der Waals surface area contributed by atoms with Crippen LogP contribution in [-0.2, 0) is 19.3 Å². The summed E-state index contributed by atoms with van der Waals surface area (Å²) in [5, 5.41) is 4.23. The van der Waals surface area contributed by atoms with Gasteiger partial charge in [0.15, 0.2) is 0 Å². The van der Waals surface area contributed by atoms with Crippen LogP contribution < -0.4 is 5.32 Å². The van der Waals surface area contributed by atoms with E-state index in [1.807, 2.05) is 11.6 Å². The number of rotatable bonds is 6. The molecular formula is C15H18ClN3S. The Labute approximate surface area is 128 Å². The van der Waals surface area contributed by atoms with E-state index in [1.54, 1.807) is 18.0 Å². The van der Waals surface area contributed by atoms with Crippen LogP contribution in [0.15, 0.2) is 35.4 Å². The van der Waals surface area contributed by atoms with Gasteiger partial charge < -0.3 is 9.88 Å². The van der Waals surface area contributed by atoms with Crippen LogP contribution in [0.3, 0.4) is 0 Å². The minimum absolute atomic E-state index is 0.683. The van der Waals surface area contributed by atoms with Gasteiger partial charge in [-0.25, -0.2) is 4.98 Å². The Morgan fingerprint density at radius 3 is 3.00 bits per heavy atom. The van der Waals surface area contributed by atoms with E-state index < -0.39 is 0 Å². The van der Waals surface area contributed by atoms with Gasteiger partial charge in [0.1, 0.15) is 11.0 Å². The van der Waals surface area contributed by atoms with E-state index >= 15 is 0 Å². The Morgan fingerprint density at radius 2 is 2.30 bits per heavy atom. The minimum Gasteiger partial charge on any atom is -0.322 e. The van der Waals surface area contributed by atoms with Crippen LogP contribution in [0.5, 0.6) is 0 Å². The lowest BCUT2D eigenvalue weighted by atomic mass is 10.2. The summed E-state index contributed by atoms with van der Waals surface area (Å²) in [6.45, 7) is 0.966. The molecule has 5 heteroatoms. The minimum atomic E-state index is 0.683. The molecule has 3 rings (SSSR count). The van der Waals surface area contributed by atoms with Crippen molar-refractivity contribution in [1.29, 1.82) is 0 Å². The van der Waals surface area contributed by atoms with E-state index in [-0.39, 0.29) is 0 Å². The molecule has 1 aliphatic rings. The molecule has 0 radical (unpaired) electrons. The lowest BCUT2D eigenvalue weighted by Crippen LogP contribution is -2.15. The molecule has 0 unspecified atom stereocenters. The SMILES string of the molecule is Cn1c(Cl)cnc1CSc1cccc(CNC2CC2)c1. The summed E-state index contributed by atoms with van der Waals surface area (Å²) in [6, 6.07) is 9.45. The highest BCUT2D eigenvalue weighted by molar-refractivity contribution is 7.98. The maximum atomic E-state index is 6.00. The zero-order valence-electron chi connectivity index (χ0n) is 11.5. The van der Waals surface area contributed by atoms with Gasteiger partial charge in [-0.2, -0.15) is 0 Å². The first-order chi connectivity index (χ1) is 9.72. The molecule has 1 aromatic carbocycles. The van der Waals surface area contributed by atoms with Crippen molar-refractivity contribution in [2.24, 2.45) is 7.05 Å². The highest BCUT2D eigenvalue weighted by atomic mass is 35.5. The molecule has 1 N–H and O–H groups in total. The molecule has 1 heterocycles. The van der Waals surface area contributed by atoms with Crippen LogP contribution in [0.1, 0.15) is 24.2 Å². The van der Waals surface area contributed by atoms with Crippen molar-refractivity contribution in [2.75, 3.05) is 0 Å². The van der Waals surface area contributed by atoms with Crippen LogP contribution in [0, 0.1) is 0 Å². The lowest BCUT2D eigenvalue weighted by molar-refractivity contribution is 0.687. The van der Waals surface area contributed by atoms with E-state index in [1.165, 1.54) is 23.3 Å². The topological polar surface area (TPSA) is 29.9 Å². The number of hydrogen-bond donors (Lipinski definition) is 1. The molecule has 0 spiro atoms. The molecule has 0 aliphatic heterocycles. The van der Waals surface area contributed by atoms with Gasteiger partial charge in [-0.1, -0.05) is 23.7 Å². The van der Waals surface area contributed by atoms with Gasteiger partial charge in [-0.3, -0.25) is 0 Å². The molecule has 20 heavy (non-hydrogen) atoms. The van der Waals surface area contributed by atoms with Crippen molar-refractivity contribution < 1.29 is 0 Å². The van der Waals surface area contributed by atoms with Gasteiger partial charge >= 0.3 is 0 Å². The van der Waals surface area contributed by atoms with E-state index in [4.69, 9.17) is 11.6 Å². The van der Waals surface area contributed by atoms with Crippen LogP contribution in [0.25, 0.3) is 0 Å². The number of hydrogen-bond acceptors (Lipinski definition) is 3. The fraction of sp³-hybridized carbons (Fsp3) is 0.400. The van der Waals surface area contributed by atoms with Crippen molar-refractivity contribution in [2.45, 2.75) is 36.1 Å². The van der Waals surface area contributed by atoms with Crippen LogP contribution in [0.4, 0.5) is 0 Å². The molecule has 0 bridgehead atoms. The van der Waals surface area contributed by atoms with Gasteiger partial charge in [0.25, 0.3) is 0 Å². The quantitative estimate of drug-likeness (QED) is 0.827. The third kappa shape index (κ3) is 3.57. The number of nitrogens with one attached hydrogen (secondary N) is 1. The van der Waals surface area contributed by atoms with Crippen molar-refractivity contribution in [1.82, 2.24) is 14.9 Å². The summed E-state index contributed by atoms with van der Waals surface area (Å²) >= 11 is 7.79. The molecule has 0 saturated heterocycles. The summed E-state index contributed by atoms with van der Waals surface area (Å²) in [4.78, 5) is 5.60. The normalized spacial score (nSPS) is 14.7. The number of nitrogens with zero attached hydrogens (tertiary/aromatic N) is 2. The summed E-state index contributed by atoms with van der Waals surface area (Å²) in [5.41, 5.74) is 1.35. The summed E-state index contributed by atoms with van der Waals surface area (Å²) in [7, 11) is 1.95. The van der Waals surface area contributed by atoms with E-state index in [9.17, 15) is 0 Å². The number of benzene rings is 1. The van der Waals surface area contributed by atoms with Crippen molar-refractivity contribution in [3.05, 3.63) is 47.0 Å².